The molecule has 30 heavy (non-hydrogen) atoms. The number of nitrogens with zero attached hydrogens (tertiary/aromatic N) is 2. The maximum atomic E-state index is 13.1. The summed E-state index contributed by atoms with van der Waals surface area (Å²) in [6.45, 7) is 9.14. The largest absolute Gasteiger partial charge is 0.489 e. The predicted octanol–water partition coefficient (Wildman–Crippen LogP) is 4.74. The molecule has 5 nitrogen and oxygen atoms in total. The number of aryl methyl sites for hydroxylation is 3. The number of rotatable bonds is 6. The summed E-state index contributed by atoms with van der Waals surface area (Å²) < 4.78 is 11.2. The van der Waals surface area contributed by atoms with E-state index in [0.29, 0.717) is 24.1 Å². The molecule has 1 aliphatic heterocycles. The third-order valence-corrected chi connectivity index (χ3v) is 5.80. The summed E-state index contributed by atoms with van der Waals surface area (Å²) in [4.78, 5) is 19.4. The van der Waals surface area contributed by atoms with Gasteiger partial charge in [0, 0.05) is 13.0 Å². The van der Waals surface area contributed by atoms with Crippen molar-refractivity contribution in [2.24, 2.45) is 0 Å². The van der Waals surface area contributed by atoms with Gasteiger partial charge in [-0.25, -0.2) is 4.98 Å². The summed E-state index contributed by atoms with van der Waals surface area (Å²) in [6.07, 6.45) is 5.18. The molecule has 4 rings (SSSR count). The molecular weight excluding hydrogens is 376 g/mol. The highest BCUT2D eigenvalue weighted by Crippen LogP contribution is 2.46. The fraction of sp³-hybridized carbons (Fsp3) is 0.440. The molecule has 2 aliphatic rings. The minimum atomic E-state index is -0.269. The van der Waals surface area contributed by atoms with Crippen molar-refractivity contribution < 1.29 is 14.3 Å². The zero-order chi connectivity index (χ0) is 21.3. The van der Waals surface area contributed by atoms with E-state index in [2.05, 4.69) is 42.8 Å². The molecular formula is C25H28N2O3. The molecule has 0 bridgehead atoms. The number of anilines is 2. The van der Waals surface area contributed by atoms with E-state index in [1.165, 1.54) is 11.1 Å². The number of pyridine rings is 1. The van der Waals surface area contributed by atoms with E-state index in [9.17, 15) is 4.79 Å². The first-order valence-electron chi connectivity index (χ1n) is 10.6. The highest BCUT2D eigenvalue weighted by molar-refractivity contribution is 6.11. The van der Waals surface area contributed by atoms with Crippen LogP contribution in [0.25, 0.3) is 0 Å². The van der Waals surface area contributed by atoms with Crippen molar-refractivity contribution in [3.05, 3.63) is 46.6 Å². The Morgan fingerprint density at radius 2 is 1.90 bits per heavy atom. The van der Waals surface area contributed by atoms with E-state index >= 15 is 0 Å². The van der Waals surface area contributed by atoms with Crippen molar-refractivity contribution in [2.75, 3.05) is 18.1 Å². The van der Waals surface area contributed by atoms with Crippen LogP contribution in [0.1, 0.15) is 54.4 Å². The van der Waals surface area contributed by atoms with Crippen LogP contribution in [0.15, 0.2) is 24.4 Å². The first-order valence-corrected chi connectivity index (χ1v) is 10.6. The Labute approximate surface area is 178 Å². The molecule has 2 fully saturated rings. The predicted molar refractivity (Wildman–Crippen MR) is 117 cm³/mol. The lowest BCUT2D eigenvalue weighted by molar-refractivity contribution is -0.112. The third-order valence-electron chi connectivity index (χ3n) is 5.80. The fourth-order valence-corrected chi connectivity index (χ4v) is 3.68. The smallest absolute Gasteiger partial charge is 0.308 e. The molecule has 2 heterocycles. The van der Waals surface area contributed by atoms with Crippen LogP contribution in [-0.2, 0) is 9.53 Å². The van der Waals surface area contributed by atoms with Gasteiger partial charge in [-0.05, 0) is 86.8 Å². The Morgan fingerprint density at radius 1 is 1.17 bits per heavy atom. The second-order valence-electron chi connectivity index (χ2n) is 8.19. The lowest BCUT2D eigenvalue weighted by atomic mass is 9.99. The maximum absolute atomic E-state index is 13.1. The van der Waals surface area contributed by atoms with E-state index in [0.717, 1.165) is 42.7 Å². The van der Waals surface area contributed by atoms with Crippen molar-refractivity contribution >= 4 is 17.4 Å². The van der Waals surface area contributed by atoms with Gasteiger partial charge in [0.25, 0.3) is 0 Å². The zero-order valence-corrected chi connectivity index (χ0v) is 18.1. The van der Waals surface area contributed by atoms with E-state index in [4.69, 9.17) is 9.47 Å². The monoisotopic (exact) mass is 404 g/mol. The molecule has 5 heteroatoms. The molecule has 156 valence electrons. The molecule has 0 N–H and O–H groups in total. The molecule has 1 saturated carbocycles. The first-order chi connectivity index (χ1) is 14.5. The van der Waals surface area contributed by atoms with Crippen LogP contribution >= 0.6 is 0 Å². The van der Waals surface area contributed by atoms with Crippen LogP contribution in [0.4, 0.5) is 11.5 Å². The van der Waals surface area contributed by atoms with Gasteiger partial charge in [0.1, 0.15) is 18.2 Å². The number of hydrogen-bond acceptors (Lipinski definition) is 4. The van der Waals surface area contributed by atoms with Crippen LogP contribution in [0, 0.1) is 32.6 Å². The van der Waals surface area contributed by atoms with Gasteiger partial charge in [-0.2, -0.15) is 0 Å². The molecule has 1 aromatic carbocycles. The molecule has 1 atom stereocenters. The highest BCUT2D eigenvalue weighted by atomic mass is 16.5. The molecule has 1 aromatic heterocycles. The van der Waals surface area contributed by atoms with Crippen molar-refractivity contribution in [3.63, 3.8) is 0 Å². The topological polar surface area (TPSA) is 51.7 Å². The Balaban J connectivity index is 1.72. The van der Waals surface area contributed by atoms with Gasteiger partial charge in [0.2, 0.25) is 0 Å². The Morgan fingerprint density at radius 3 is 2.50 bits per heavy atom. The van der Waals surface area contributed by atoms with Gasteiger partial charge in [-0.3, -0.25) is 9.69 Å². The highest BCUT2D eigenvalue weighted by Gasteiger charge is 2.31. The molecule has 1 unspecified atom stereocenters. The van der Waals surface area contributed by atoms with E-state index in [-0.39, 0.29) is 12.0 Å². The number of amides is 1. The maximum Gasteiger partial charge on any atom is 0.308 e. The average molecular weight is 405 g/mol. The second-order valence-corrected chi connectivity index (χ2v) is 8.19. The van der Waals surface area contributed by atoms with E-state index in [1.807, 2.05) is 13.0 Å². The van der Waals surface area contributed by atoms with Gasteiger partial charge in [-0.15, -0.1) is 0 Å². The minimum absolute atomic E-state index is 0.166. The molecule has 1 aliphatic carbocycles. The number of benzene rings is 1. The lowest BCUT2D eigenvalue weighted by Gasteiger charge is -2.27. The van der Waals surface area contributed by atoms with Crippen LogP contribution in [0.2, 0.25) is 0 Å². The molecule has 1 amide bonds. The number of ether oxygens (including phenoxy) is 2. The quantitative estimate of drug-likeness (QED) is 0.653. The third kappa shape index (κ3) is 4.20. The first kappa shape index (κ1) is 20.4. The van der Waals surface area contributed by atoms with Crippen molar-refractivity contribution in [1.82, 2.24) is 4.98 Å². The summed E-state index contributed by atoms with van der Waals surface area (Å²) in [5.41, 5.74) is 5.35. The van der Waals surface area contributed by atoms with E-state index in [1.54, 1.807) is 18.0 Å². The minimum Gasteiger partial charge on any atom is -0.489 e. The normalized spacial score (nSPS) is 17.5. The summed E-state index contributed by atoms with van der Waals surface area (Å²) in [7, 11) is 0. The Bertz CT molecular complexity index is 1030. The van der Waals surface area contributed by atoms with Crippen molar-refractivity contribution in [1.29, 1.82) is 0 Å². The van der Waals surface area contributed by atoms with Crippen LogP contribution in [-0.4, -0.2) is 30.2 Å². The summed E-state index contributed by atoms with van der Waals surface area (Å²) in [6, 6.07) is 6.24. The summed E-state index contributed by atoms with van der Waals surface area (Å²) in [5.74, 6) is 6.96. The van der Waals surface area contributed by atoms with Crippen LogP contribution in [0.5, 0.6) is 5.75 Å². The van der Waals surface area contributed by atoms with Crippen molar-refractivity contribution in [2.45, 2.75) is 59.0 Å². The Hall–Kier alpha value is -2.84. The lowest BCUT2D eigenvalue weighted by Crippen LogP contribution is -2.32. The van der Waals surface area contributed by atoms with Gasteiger partial charge in [-0.1, -0.05) is 12.0 Å². The Kier molecular flexibility index (Phi) is 5.78. The number of hydrogen-bond donors (Lipinski definition) is 0. The zero-order valence-electron chi connectivity index (χ0n) is 18.1. The van der Waals surface area contributed by atoms with E-state index < -0.39 is 0 Å². The number of carbonyl (C=O) groups is 1. The molecule has 0 radical (unpaired) electrons. The van der Waals surface area contributed by atoms with Gasteiger partial charge in [0.15, 0.2) is 0 Å². The number of carbonyl (C=O) groups excluding carboxylic acids is 1. The molecule has 1 saturated heterocycles. The second kappa shape index (κ2) is 8.49. The van der Waals surface area contributed by atoms with Crippen LogP contribution in [0.3, 0.4) is 0 Å². The SMILES string of the molecule is CC#CC(=O)N(c1cc(C)c(C)cc1C1CC1)c1ncc(OCC2CCO2)cc1C. The standard InChI is InChI=1S/C25H28N2O3/c1-5-6-24(28)27(23-13-17(3)16(2)12-22(23)19-7-8-19)25-18(4)11-21(14-26-25)30-15-20-9-10-29-20/h11-14,19-20H,7-10,15H2,1-4H3. The van der Waals surface area contributed by atoms with Crippen molar-refractivity contribution in [3.8, 4) is 17.6 Å². The molecule has 0 spiro atoms. The summed E-state index contributed by atoms with van der Waals surface area (Å²) in [5, 5.41) is 0. The molecule has 2 aromatic rings. The van der Waals surface area contributed by atoms with Gasteiger partial charge in [0.05, 0.1) is 18.0 Å². The van der Waals surface area contributed by atoms with Crippen LogP contribution < -0.4 is 9.64 Å². The van der Waals surface area contributed by atoms with Gasteiger partial charge < -0.3 is 9.47 Å². The fourth-order valence-electron chi connectivity index (χ4n) is 3.68. The average Bonchev–Trinajstić information content (AvgIpc) is 3.50. The van der Waals surface area contributed by atoms with Gasteiger partial charge >= 0.3 is 5.91 Å². The summed E-state index contributed by atoms with van der Waals surface area (Å²) >= 11 is 0. The number of aromatic nitrogens is 1.